The number of urea groups is 1. The molecule has 10 nitrogen and oxygen atoms in total. The fourth-order valence-electron chi connectivity index (χ4n) is 4.29. The Hall–Kier alpha value is -4.73. The van der Waals surface area contributed by atoms with Crippen molar-refractivity contribution >= 4 is 29.2 Å². The third-order valence-electron chi connectivity index (χ3n) is 6.22. The number of carbonyl (C=O) groups is 3. The zero-order valence-electron chi connectivity index (χ0n) is 20.3. The highest BCUT2D eigenvalue weighted by molar-refractivity contribution is 6.23. The van der Waals surface area contributed by atoms with Gasteiger partial charge < -0.3 is 29.2 Å². The molecule has 2 aliphatic rings. The number of nitrogens with zero attached hydrogens (tertiary/aromatic N) is 2. The Kier molecular flexibility index (Phi) is 6.55. The standard InChI is InChI=1S/C27H25N3O7/c1-34-20-8-4-18(5-9-20)28-27(33)29(15-17-3-12-23-24(13-17)37-16-36-23)22-14-25(31)30(26(22)32)19-6-10-21(35-2)11-7-19/h3-13,22H,14-16H2,1-2H3,(H,28,33)/t22-/m0/s1. The van der Waals surface area contributed by atoms with Crippen molar-refractivity contribution < 1.29 is 33.3 Å². The van der Waals surface area contributed by atoms with Crippen molar-refractivity contribution in [2.45, 2.75) is 19.0 Å². The quantitative estimate of drug-likeness (QED) is 0.489. The van der Waals surface area contributed by atoms with Gasteiger partial charge in [0.05, 0.1) is 26.3 Å². The fourth-order valence-corrected chi connectivity index (χ4v) is 4.29. The van der Waals surface area contributed by atoms with E-state index < -0.39 is 23.9 Å². The molecule has 0 aliphatic carbocycles. The van der Waals surface area contributed by atoms with Gasteiger partial charge in [0.2, 0.25) is 12.7 Å². The minimum absolute atomic E-state index is 0.0682. The molecular weight excluding hydrogens is 478 g/mol. The number of fused-ring (bicyclic) bond motifs is 1. The Bertz CT molecular complexity index is 1320. The van der Waals surface area contributed by atoms with Crippen LogP contribution in [0.25, 0.3) is 0 Å². The van der Waals surface area contributed by atoms with Crippen molar-refractivity contribution in [1.82, 2.24) is 4.90 Å². The number of amides is 4. The molecule has 0 radical (unpaired) electrons. The van der Waals surface area contributed by atoms with Crippen LogP contribution in [0.1, 0.15) is 12.0 Å². The molecule has 1 fully saturated rings. The van der Waals surface area contributed by atoms with E-state index in [4.69, 9.17) is 18.9 Å². The van der Waals surface area contributed by atoms with E-state index >= 15 is 0 Å². The van der Waals surface area contributed by atoms with Crippen LogP contribution in [0.15, 0.2) is 66.7 Å². The van der Waals surface area contributed by atoms with Gasteiger partial charge in [-0.1, -0.05) is 6.07 Å². The van der Waals surface area contributed by atoms with Crippen LogP contribution in [-0.2, 0) is 16.1 Å². The Morgan fingerprint density at radius 1 is 0.946 bits per heavy atom. The molecule has 1 atom stereocenters. The van der Waals surface area contributed by atoms with Crippen molar-refractivity contribution in [3.8, 4) is 23.0 Å². The molecule has 10 heteroatoms. The predicted octanol–water partition coefficient (Wildman–Crippen LogP) is 3.80. The molecule has 0 bridgehead atoms. The summed E-state index contributed by atoms with van der Waals surface area (Å²) in [5.41, 5.74) is 1.65. The van der Waals surface area contributed by atoms with E-state index in [1.807, 2.05) is 0 Å². The normalized spacial score (nSPS) is 16.1. The summed E-state index contributed by atoms with van der Waals surface area (Å²) in [6.07, 6.45) is -0.147. The largest absolute Gasteiger partial charge is 0.497 e. The number of rotatable bonds is 7. The van der Waals surface area contributed by atoms with Crippen LogP contribution in [0.3, 0.4) is 0 Å². The minimum Gasteiger partial charge on any atom is -0.497 e. The molecule has 2 aliphatic heterocycles. The summed E-state index contributed by atoms with van der Waals surface area (Å²) < 4.78 is 21.2. The van der Waals surface area contributed by atoms with Crippen LogP contribution in [0.2, 0.25) is 0 Å². The molecular formula is C27H25N3O7. The van der Waals surface area contributed by atoms with Gasteiger partial charge in [-0.3, -0.25) is 9.59 Å². The topological polar surface area (TPSA) is 107 Å². The molecule has 1 N–H and O–H groups in total. The van der Waals surface area contributed by atoms with Crippen LogP contribution in [-0.4, -0.2) is 49.8 Å². The summed E-state index contributed by atoms with van der Waals surface area (Å²) in [4.78, 5) is 42.5. The van der Waals surface area contributed by atoms with Crippen molar-refractivity contribution in [2.24, 2.45) is 0 Å². The summed E-state index contributed by atoms with van der Waals surface area (Å²) in [5, 5.41) is 2.82. The van der Waals surface area contributed by atoms with Crippen LogP contribution < -0.4 is 29.2 Å². The smallest absolute Gasteiger partial charge is 0.322 e. The zero-order valence-corrected chi connectivity index (χ0v) is 20.3. The van der Waals surface area contributed by atoms with Crippen LogP contribution in [0.5, 0.6) is 23.0 Å². The summed E-state index contributed by atoms with van der Waals surface area (Å²) in [6, 6.07) is 17.2. The molecule has 190 valence electrons. The first-order valence-electron chi connectivity index (χ1n) is 11.6. The highest BCUT2D eigenvalue weighted by Crippen LogP contribution is 2.34. The van der Waals surface area contributed by atoms with Gasteiger partial charge >= 0.3 is 6.03 Å². The molecule has 0 unspecified atom stereocenters. The minimum atomic E-state index is -1.00. The number of hydrogen-bond donors (Lipinski definition) is 1. The van der Waals surface area contributed by atoms with Gasteiger partial charge in [-0.05, 0) is 66.2 Å². The molecule has 3 aromatic rings. The Labute approximate surface area is 213 Å². The van der Waals surface area contributed by atoms with E-state index in [-0.39, 0.29) is 19.8 Å². The van der Waals surface area contributed by atoms with Crippen LogP contribution >= 0.6 is 0 Å². The Morgan fingerprint density at radius 2 is 1.59 bits per heavy atom. The Balaban J connectivity index is 1.43. The summed E-state index contributed by atoms with van der Waals surface area (Å²) in [7, 11) is 3.09. The molecule has 0 spiro atoms. The number of benzene rings is 3. The second-order valence-electron chi connectivity index (χ2n) is 8.46. The average molecular weight is 504 g/mol. The summed E-state index contributed by atoms with van der Waals surface area (Å²) in [5.74, 6) is 1.52. The molecule has 5 rings (SSSR count). The number of ether oxygens (including phenoxy) is 4. The highest BCUT2D eigenvalue weighted by Gasteiger charge is 2.44. The van der Waals surface area contributed by atoms with E-state index in [2.05, 4.69) is 5.32 Å². The number of anilines is 2. The average Bonchev–Trinajstić information content (AvgIpc) is 3.50. The van der Waals surface area contributed by atoms with E-state index in [1.54, 1.807) is 73.8 Å². The first-order valence-corrected chi connectivity index (χ1v) is 11.6. The number of nitrogens with one attached hydrogen (secondary N) is 1. The van der Waals surface area contributed by atoms with Crippen molar-refractivity contribution in [3.63, 3.8) is 0 Å². The molecule has 4 amide bonds. The Morgan fingerprint density at radius 3 is 2.27 bits per heavy atom. The first kappa shape index (κ1) is 24.0. The number of carbonyl (C=O) groups excluding carboxylic acids is 3. The van der Waals surface area contributed by atoms with Gasteiger partial charge in [-0.15, -0.1) is 0 Å². The van der Waals surface area contributed by atoms with Crippen LogP contribution in [0, 0.1) is 0 Å². The number of hydrogen-bond acceptors (Lipinski definition) is 7. The third-order valence-corrected chi connectivity index (χ3v) is 6.22. The van der Waals surface area contributed by atoms with Gasteiger partial charge in [0, 0.05) is 12.2 Å². The lowest BCUT2D eigenvalue weighted by Crippen LogP contribution is -2.46. The predicted molar refractivity (Wildman–Crippen MR) is 134 cm³/mol. The SMILES string of the molecule is COc1ccc(NC(=O)N(Cc2ccc3c(c2)OCO3)[C@H]2CC(=O)N(c3ccc(OC)cc3)C2=O)cc1. The lowest BCUT2D eigenvalue weighted by molar-refractivity contribution is -0.122. The molecule has 1 saturated heterocycles. The number of methoxy groups -OCH3 is 2. The van der Waals surface area contributed by atoms with Crippen molar-refractivity contribution in [3.05, 3.63) is 72.3 Å². The number of imide groups is 1. The summed E-state index contributed by atoms with van der Waals surface area (Å²) >= 11 is 0. The van der Waals surface area contributed by atoms with E-state index in [0.717, 1.165) is 10.5 Å². The highest BCUT2D eigenvalue weighted by atomic mass is 16.7. The van der Waals surface area contributed by atoms with E-state index in [9.17, 15) is 14.4 Å². The second-order valence-corrected chi connectivity index (χ2v) is 8.46. The molecule has 0 saturated carbocycles. The first-order chi connectivity index (χ1) is 18.0. The monoisotopic (exact) mass is 503 g/mol. The maximum absolute atomic E-state index is 13.5. The second kappa shape index (κ2) is 10.1. The lowest BCUT2D eigenvalue weighted by atomic mass is 10.1. The third kappa shape index (κ3) is 4.86. The van der Waals surface area contributed by atoms with Gasteiger partial charge in [0.1, 0.15) is 17.5 Å². The van der Waals surface area contributed by atoms with E-state index in [0.29, 0.717) is 34.4 Å². The molecule has 0 aromatic heterocycles. The molecule has 3 aromatic carbocycles. The molecule has 37 heavy (non-hydrogen) atoms. The summed E-state index contributed by atoms with van der Waals surface area (Å²) in [6.45, 7) is 0.186. The van der Waals surface area contributed by atoms with Crippen molar-refractivity contribution in [1.29, 1.82) is 0 Å². The fraction of sp³-hybridized carbons (Fsp3) is 0.222. The maximum Gasteiger partial charge on any atom is 0.322 e. The lowest BCUT2D eigenvalue weighted by Gasteiger charge is -2.28. The maximum atomic E-state index is 13.5. The zero-order chi connectivity index (χ0) is 25.9. The van der Waals surface area contributed by atoms with Gasteiger partial charge in [-0.2, -0.15) is 0 Å². The van der Waals surface area contributed by atoms with E-state index in [1.165, 1.54) is 12.0 Å². The van der Waals surface area contributed by atoms with Gasteiger partial charge in [-0.25, -0.2) is 9.69 Å². The van der Waals surface area contributed by atoms with Crippen molar-refractivity contribution in [2.75, 3.05) is 31.2 Å². The van der Waals surface area contributed by atoms with Crippen LogP contribution in [0.4, 0.5) is 16.2 Å². The van der Waals surface area contributed by atoms with Gasteiger partial charge in [0.15, 0.2) is 11.5 Å². The van der Waals surface area contributed by atoms with Gasteiger partial charge in [0.25, 0.3) is 5.91 Å². The molecule has 2 heterocycles.